The van der Waals surface area contributed by atoms with Crippen LogP contribution in [0, 0.1) is 6.92 Å². The highest BCUT2D eigenvalue weighted by Crippen LogP contribution is 2.33. The highest BCUT2D eigenvalue weighted by atomic mass is 16.6. The van der Waals surface area contributed by atoms with Gasteiger partial charge in [-0.2, -0.15) is 0 Å². The molecule has 2 aliphatic rings. The summed E-state index contributed by atoms with van der Waals surface area (Å²) in [7, 11) is 1.92. The summed E-state index contributed by atoms with van der Waals surface area (Å²) in [5.41, 5.74) is 3.39. The molecule has 166 valence electrons. The number of benzene rings is 2. The van der Waals surface area contributed by atoms with Crippen molar-refractivity contribution in [3.05, 3.63) is 87.8 Å². The number of ether oxygens (including phenoxy) is 1. The molecule has 2 aliphatic heterocycles. The summed E-state index contributed by atoms with van der Waals surface area (Å²) in [6, 6.07) is 19.9. The maximum absolute atomic E-state index is 13.4. The van der Waals surface area contributed by atoms with Gasteiger partial charge in [0.05, 0.1) is 16.8 Å². The van der Waals surface area contributed by atoms with E-state index in [4.69, 9.17) is 4.74 Å². The molecule has 32 heavy (non-hydrogen) atoms. The van der Waals surface area contributed by atoms with Crippen molar-refractivity contribution in [2.45, 2.75) is 25.4 Å². The molecular formula is C25H28N4O3. The Morgan fingerprint density at radius 1 is 0.969 bits per heavy atom. The van der Waals surface area contributed by atoms with Crippen molar-refractivity contribution in [1.82, 2.24) is 19.2 Å². The summed E-state index contributed by atoms with van der Waals surface area (Å²) < 4.78 is 9.14. The summed E-state index contributed by atoms with van der Waals surface area (Å²) in [6.45, 7) is 4.91. The van der Waals surface area contributed by atoms with Crippen molar-refractivity contribution in [3.63, 3.8) is 0 Å². The van der Waals surface area contributed by atoms with E-state index in [1.54, 1.807) is 4.68 Å². The van der Waals surface area contributed by atoms with Gasteiger partial charge in [-0.3, -0.25) is 19.3 Å². The van der Waals surface area contributed by atoms with Gasteiger partial charge in [0.2, 0.25) is 0 Å². The molecule has 1 atom stereocenters. The minimum atomic E-state index is -0.405. The second-order valence-corrected chi connectivity index (χ2v) is 8.84. The molecule has 0 spiro atoms. The van der Waals surface area contributed by atoms with Crippen LogP contribution < -0.4 is 5.56 Å². The Hall–Kier alpha value is -3.32. The van der Waals surface area contributed by atoms with Crippen LogP contribution in [0.15, 0.2) is 65.5 Å². The number of hydrogen-bond acceptors (Lipinski definition) is 4. The molecule has 2 aromatic carbocycles. The third-order valence-electron chi connectivity index (χ3n) is 6.85. The Morgan fingerprint density at radius 3 is 2.38 bits per heavy atom. The van der Waals surface area contributed by atoms with Gasteiger partial charge in [-0.1, -0.05) is 48.5 Å². The predicted molar refractivity (Wildman–Crippen MR) is 122 cm³/mol. The van der Waals surface area contributed by atoms with E-state index in [1.807, 2.05) is 72.1 Å². The standard InChI is InChI=1S/C25H28N4O3/c1-19-22(23(30)29(26(19)2)21-11-7-4-8-12-21)16-27-13-14-28-24(31)32-18-25(28,17-27)15-20-9-5-3-6-10-20/h3-12H,13-18H2,1-2H3. The Bertz CT molecular complexity index is 1190. The first-order valence-electron chi connectivity index (χ1n) is 11.0. The molecule has 0 radical (unpaired) electrons. The first-order valence-corrected chi connectivity index (χ1v) is 11.0. The minimum Gasteiger partial charge on any atom is -0.447 e. The lowest BCUT2D eigenvalue weighted by atomic mass is 9.88. The normalized spacial score (nSPS) is 20.9. The second kappa shape index (κ2) is 7.98. The Labute approximate surface area is 187 Å². The van der Waals surface area contributed by atoms with Gasteiger partial charge in [0.25, 0.3) is 5.56 Å². The molecule has 0 N–H and O–H groups in total. The van der Waals surface area contributed by atoms with Gasteiger partial charge in [0.15, 0.2) is 0 Å². The van der Waals surface area contributed by atoms with Crippen LogP contribution in [0.5, 0.6) is 0 Å². The SMILES string of the molecule is Cc1c(CN2CCN3C(=O)OCC3(Cc3ccccc3)C2)c(=O)n(-c2ccccc2)n1C. The Balaban J connectivity index is 1.43. The molecule has 1 amide bonds. The van der Waals surface area contributed by atoms with Gasteiger partial charge in [0, 0.05) is 45.3 Å². The largest absolute Gasteiger partial charge is 0.447 e. The van der Waals surface area contributed by atoms with Crippen LogP contribution in [-0.4, -0.2) is 57.0 Å². The van der Waals surface area contributed by atoms with Gasteiger partial charge in [-0.05, 0) is 24.6 Å². The number of fused-ring (bicyclic) bond motifs is 1. The number of carbonyl (C=O) groups excluding carboxylic acids is 1. The van der Waals surface area contributed by atoms with Crippen LogP contribution in [0.4, 0.5) is 4.79 Å². The Morgan fingerprint density at radius 2 is 1.66 bits per heavy atom. The number of hydrogen-bond donors (Lipinski definition) is 0. The zero-order chi connectivity index (χ0) is 22.3. The monoisotopic (exact) mass is 432 g/mol. The lowest BCUT2D eigenvalue weighted by molar-refractivity contribution is 0.0474. The lowest BCUT2D eigenvalue weighted by Gasteiger charge is -2.44. The van der Waals surface area contributed by atoms with Crippen LogP contribution >= 0.6 is 0 Å². The number of amides is 1. The third-order valence-corrected chi connectivity index (χ3v) is 6.85. The summed E-state index contributed by atoms with van der Waals surface area (Å²) in [6.07, 6.45) is 0.501. The first-order chi connectivity index (χ1) is 15.5. The molecule has 7 heteroatoms. The molecule has 0 saturated carbocycles. The van der Waals surface area contributed by atoms with Crippen LogP contribution in [0.3, 0.4) is 0 Å². The number of rotatable bonds is 5. The number of nitrogens with zero attached hydrogens (tertiary/aromatic N) is 4. The highest BCUT2D eigenvalue weighted by Gasteiger charge is 2.50. The van der Waals surface area contributed by atoms with Crippen LogP contribution in [0.1, 0.15) is 16.8 Å². The van der Waals surface area contributed by atoms with Crippen molar-refractivity contribution in [3.8, 4) is 5.69 Å². The minimum absolute atomic E-state index is 0.00878. The molecule has 7 nitrogen and oxygen atoms in total. The fraction of sp³-hybridized carbons (Fsp3) is 0.360. The molecule has 2 saturated heterocycles. The van der Waals surface area contributed by atoms with E-state index in [1.165, 1.54) is 5.56 Å². The first kappa shape index (κ1) is 20.6. The number of piperazine rings is 1. The fourth-order valence-electron chi connectivity index (χ4n) is 5.08. The summed E-state index contributed by atoms with van der Waals surface area (Å²) in [5, 5.41) is 0. The van der Waals surface area contributed by atoms with E-state index in [9.17, 15) is 9.59 Å². The number of para-hydroxylation sites is 1. The molecule has 1 aromatic heterocycles. The molecule has 0 aliphatic carbocycles. The van der Waals surface area contributed by atoms with Gasteiger partial charge in [0.1, 0.15) is 6.61 Å². The van der Waals surface area contributed by atoms with E-state index in [0.717, 1.165) is 23.4 Å². The predicted octanol–water partition coefficient (Wildman–Crippen LogP) is 2.73. The van der Waals surface area contributed by atoms with Crippen LogP contribution in [0.2, 0.25) is 0 Å². The fourth-order valence-corrected chi connectivity index (χ4v) is 5.08. The third kappa shape index (κ3) is 3.42. The number of cyclic esters (lactones) is 1. The maximum Gasteiger partial charge on any atom is 0.410 e. The number of aromatic nitrogens is 2. The lowest BCUT2D eigenvalue weighted by Crippen LogP contribution is -2.62. The van der Waals surface area contributed by atoms with E-state index >= 15 is 0 Å². The van der Waals surface area contributed by atoms with Gasteiger partial charge in [-0.25, -0.2) is 9.48 Å². The molecule has 3 aromatic rings. The van der Waals surface area contributed by atoms with Crippen molar-refractivity contribution in [2.24, 2.45) is 7.05 Å². The molecule has 0 bridgehead atoms. The van der Waals surface area contributed by atoms with E-state index in [2.05, 4.69) is 17.0 Å². The Kier molecular flexibility index (Phi) is 5.13. The van der Waals surface area contributed by atoms with Gasteiger partial charge < -0.3 is 4.74 Å². The van der Waals surface area contributed by atoms with Crippen LogP contribution in [-0.2, 0) is 24.8 Å². The molecule has 5 rings (SSSR count). The van der Waals surface area contributed by atoms with E-state index in [0.29, 0.717) is 32.8 Å². The molecular weight excluding hydrogens is 404 g/mol. The zero-order valence-corrected chi connectivity index (χ0v) is 18.5. The van der Waals surface area contributed by atoms with Crippen molar-refractivity contribution in [2.75, 3.05) is 26.2 Å². The second-order valence-electron chi connectivity index (χ2n) is 8.84. The summed E-state index contributed by atoms with van der Waals surface area (Å²) >= 11 is 0. The molecule has 3 heterocycles. The highest BCUT2D eigenvalue weighted by molar-refractivity contribution is 5.71. The smallest absolute Gasteiger partial charge is 0.410 e. The van der Waals surface area contributed by atoms with E-state index < -0.39 is 5.54 Å². The number of carbonyl (C=O) groups is 1. The topological polar surface area (TPSA) is 59.7 Å². The van der Waals surface area contributed by atoms with Gasteiger partial charge in [-0.15, -0.1) is 0 Å². The average molecular weight is 433 g/mol. The van der Waals surface area contributed by atoms with E-state index in [-0.39, 0.29) is 11.7 Å². The molecule has 2 fully saturated rings. The summed E-state index contributed by atoms with van der Waals surface area (Å²) in [4.78, 5) is 29.9. The summed E-state index contributed by atoms with van der Waals surface area (Å²) in [5.74, 6) is 0. The van der Waals surface area contributed by atoms with Crippen molar-refractivity contribution < 1.29 is 9.53 Å². The van der Waals surface area contributed by atoms with Crippen molar-refractivity contribution >= 4 is 6.09 Å². The quantitative estimate of drug-likeness (QED) is 0.622. The zero-order valence-electron chi connectivity index (χ0n) is 18.5. The van der Waals surface area contributed by atoms with Crippen LogP contribution in [0.25, 0.3) is 5.69 Å². The maximum atomic E-state index is 13.4. The average Bonchev–Trinajstić information content (AvgIpc) is 3.23. The molecule has 1 unspecified atom stereocenters. The van der Waals surface area contributed by atoms with Gasteiger partial charge >= 0.3 is 6.09 Å². The van der Waals surface area contributed by atoms with Crippen molar-refractivity contribution in [1.29, 1.82) is 0 Å².